The monoisotopic (exact) mass is 560 g/mol. The molecule has 6 nitrogen and oxygen atoms in total. The zero-order valence-corrected chi connectivity index (χ0v) is 22.4. The minimum Gasteiger partial charge on any atom is -0.465 e. The Morgan fingerprint density at radius 2 is 1.36 bits per heavy atom. The molecule has 4 unspecified atom stereocenters. The quantitative estimate of drug-likeness (QED) is 0.331. The van der Waals surface area contributed by atoms with Gasteiger partial charge in [-0.25, -0.2) is 0 Å². The number of hydrogen-bond acceptors (Lipinski definition) is 6. The lowest BCUT2D eigenvalue weighted by atomic mass is 9.47. The Morgan fingerprint density at radius 1 is 0.769 bits per heavy atom. The van der Waals surface area contributed by atoms with Crippen molar-refractivity contribution in [3.05, 3.63) is 0 Å². The highest BCUT2D eigenvalue weighted by molar-refractivity contribution is 5.77. The van der Waals surface area contributed by atoms with Gasteiger partial charge in [-0.3, -0.25) is 4.79 Å². The molecule has 6 bridgehead atoms. The molecule has 2 aliphatic heterocycles. The average molecular weight is 561 g/mol. The summed E-state index contributed by atoms with van der Waals surface area (Å²) in [4.78, 5) is 13.5. The van der Waals surface area contributed by atoms with Gasteiger partial charge in [0.05, 0.1) is 25.2 Å². The predicted molar refractivity (Wildman–Crippen MR) is 129 cm³/mol. The molecule has 10 heteroatoms. The lowest BCUT2D eigenvalue weighted by molar-refractivity contribution is -0.346. The van der Waals surface area contributed by atoms with Crippen LogP contribution in [0, 0.1) is 46.8 Å². The van der Waals surface area contributed by atoms with Gasteiger partial charge < -0.3 is 23.7 Å². The molecule has 2 heterocycles. The lowest BCUT2D eigenvalue weighted by Crippen LogP contribution is -2.65. The van der Waals surface area contributed by atoms with Crippen molar-refractivity contribution in [2.75, 3.05) is 33.0 Å². The molecule has 0 radical (unpaired) electrons. The van der Waals surface area contributed by atoms with E-state index in [9.17, 15) is 22.4 Å². The molecule has 8 aliphatic rings. The third kappa shape index (κ3) is 4.54. The number of esters is 1. The zero-order valence-electron chi connectivity index (χ0n) is 22.4. The molecule has 0 aromatic carbocycles. The number of ether oxygens (including phenoxy) is 5. The minimum absolute atomic E-state index is 0.0356. The van der Waals surface area contributed by atoms with Gasteiger partial charge in [0.15, 0.2) is 12.1 Å². The van der Waals surface area contributed by atoms with E-state index in [2.05, 4.69) is 0 Å². The van der Waals surface area contributed by atoms with Crippen molar-refractivity contribution in [2.24, 2.45) is 46.8 Å². The number of halogens is 4. The topological polar surface area (TPSA) is 63.2 Å². The molecule has 1 spiro atoms. The van der Waals surface area contributed by atoms with Crippen LogP contribution >= 0.6 is 0 Å². The molecule has 39 heavy (non-hydrogen) atoms. The fourth-order valence-electron chi connectivity index (χ4n) is 9.59. The van der Waals surface area contributed by atoms with Crippen LogP contribution in [0.4, 0.5) is 17.6 Å². The first-order chi connectivity index (χ1) is 18.6. The summed E-state index contributed by atoms with van der Waals surface area (Å²) in [7, 11) is 0. The largest absolute Gasteiger partial charge is 0.465 e. The Labute approximate surface area is 226 Å². The van der Waals surface area contributed by atoms with Gasteiger partial charge in [-0.1, -0.05) is 19.3 Å². The van der Waals surface area contributed by atoms with Crippen molar-refractivity contribution in [3.8, 4) is 0 Å². The van der Waals surface area contributed by atoms with Crippen LogP contribution in [0.2, 0.25) is 0 Å². The summed E-state index contributed by atoms with van der Waals surface area (Å²) in [5.74, 6) is -8.92. The van der Waals surface area contributed by atoms with E-state index >= 15 is 0 Å². The maximum atomic E-state index is 14.1. The maximum Gasteiger partial charge on any atom is 0.335 e. The first-order valence-electron chi connectivity index (χ1n) is 15.0. The maximum absolute atomic E-state index is 14.1. The Kier molecular flexibility index (Phi) is 6.57. The fraction of sp³-hybridized carbons (Fsp3) is 0.966. The highest BCUT2D eigenvalue weighted by Gasteiger charge is 2.70. The molecule has 0 aromatic rings. The van der Waals surface area contributed by atoms with Gasteiger partial charge in [-0.15, -0.1) is 0 Å². The summed E-state index contributed by atoms with van der Waals surface area (Å²) in [5, 5.41) is 0. The smallest absolute Gasteiger partial charge is 0.335 e. The van der Waals surface area contributed by atoms with E-state index in [0.29, 0.717) is 51.2 Å². The Bertz CT molecular complexity index is 904. The van der Waals surface area contributed by atoms with Crippen LogP contribution in [0.3, 0.4) is 0 Å². The first-order valence-corrected chi connectivity index (χ1v) is 15.0. The van der Waals surface area contributed by atoms with Crippen LogP contribution in [-0.4, -0.2) is 62.9 Å². The van der Waals surface area contributed by atoms with Gasteiger partial charge in [-0.05, 0) is 69.1 Å². The van der Waals surface area contributed by atoms with Crippen LogP contribution in [0.5, 0.6) is 0 Å². The zero-order chi connectivity index (χ0) is 27.0. The molecule has 4 atom stereocenters. The highest BCUT2D eigenvalue weighted by atomic mass is 19.3. The predicted octanol–water partition coefficient (Wildman–Crippen LogP) is 5.58. The van der Waals surface area contributed by atoms with Gasteiger partial charge >= 0.3 is 17.8 Å². The average Bonchev–Trinajstić information content (AvgIpc) is 2.99. The molecule has 0 aromatic heterocycles. The van der Waals surface area contributed by atoms with Crippen LogP contribution in [0.25, 0.3) is 0 Å². The summed E-state index contributed by atoms with van der Waals surface area (Å²) >= 11 is 0. The van der Waals surface area contributed by atoms with Gasteiger partial charge in [0, 0.05) is 23.7 Å². The number of hydrogen-bond donors (Lipinski definition) is 0. The van der Waals surface area contributed by atoms with Crippen molar-refractivity contribution in [1.82, 2.24) is 0 Å². The number of fused-ring (bicyclic) bond motifs is 2. The third-order valence-corrected chi connectivity index (χ3v) is 11.2. The van der Waals surface area contributed by atoms with Crippen molar-refractivity contribution < 1.29 is 46.0 Å². The molecule has 0 N–H and O–H groups in total. The molecule has 8 rings (SSSR count). The van der Waals surface area contributed by atoms with Crippen molar-refractivity contribution >= 4 is 5.97 Å². The minimum atomic E-state index is -4.29. The van der Waals surface area contributed by atoms with Crippen LogP contribution in [-0.2, 0) is 28.5 Å². The van der Waals surface area contributed by atoms with Crippen LogP contribution in [0.1, 0.15) is 70.6 Å². The SMILES string of the molecule is O=C(OCC1COC(C2CC3CCCC(C3)C2)OC1)C12CC3CC(C1)C1(OCC(F)(F)C(F)(F)CO1)C(C3)C2. The molecule has 6 saturated carbocycles. The van der Waals surface area contributed by atoms with E-state index < -0.39 is 48.1 Å². The molecule has 0 amide bonds. The second-order valence-electron chi connectivity index (χ2n) is 14.0. The number of carbonyl (C=O) groups excluding carboxylic acids is 1. The van der Waals surface area contributed by atoms with E-state index in [1.807, 2.05) is 0 Å². The summed E-state index contributed by atoms with van der Waals surface area (Å²) < 4.78 is 85.4. The van der Waals surface area contributed by atoms with Gasteiger partial charge in [0.2, 0.25) is 0 Å². The molecule has 8 fully saturated rings. The summed E-state index contributed by atoms with van der Waals surface area (Å²) in [6.45, 7) is -1.55. The molecular formula is C29H40F4O6. The number of carbonyl (C=O) groups is 1. The van der Waals surface area contributed by atoms with Gasteiger partial charge in [0.1, 0.15) is 13.2 Å². The van der Waals surface area contributed by atoms with E-state index in [4.69, 9.17) is 23.7 Å². The fourth-order valence-corrected chi connectivity index (χ4v) is 9.59. The van der Waals surface area contributed by atoms with Crippen LogP contribution in [0.15, 0.2) is 0 Å². The van der Waals surface area contributed by atoms with Crippen molar-refractivity contribution in [3.63, 3.8) is 0 Å². The third-order valence-electron chi connectivity index (χ3n) is 11.2. The summed E-state index contributed by atoms with van der Waals surface area (Å²) in [6.07, 6.45) is 10.1. The van der Waals surface area contributed by atoms with Crippen molar-refractivity contribution in [2.45, 2.75) is 94.6 Å². The van der Waals surface area contributed by atoms with E-state index in [1.165, 1.54) is 38.5 Å². The Morgan fingerprint density at radius 3 is 1.95 bits per heavy atom. The Balaban J connectivity index is 0.946. The Hall–Kier alpha value is -0.970. The second kappa shape index (κ2) is 9.53. The van der Waals surface area contributed by atoms with Crippen LogP contribution < -0.4 is 0 Å². The second-order valence-corrected chi connectivity index (χ2v) is 14.0. The molecule has 2 saturated heterocycles. The first kappa shape index (κ1) is 26.9. The van der Waals surface area contributed by atoms with Crippen molar-refractivity contribution in [1.29, 1.82) is 0 Å². The summed E-state index contributed by atoms with van der Waals surface area (Å²) in [6, 6.07) is 0. The molecule has 220 valence electrons. The number of alkyl halides is 4. The standard InChI is InChI=1S/C29H40F4O6/c30-27(31)15-38-29(39-16-28(27,32)33)22-7-19-8-23(29)11-26(9-19,10-22)25(34)37-14-20-12-35-24(36-13-20)21-5-17-2-1-3-18(4-17)6-21/h17-24H,1-16H2. The van der Waals surface area contributed by atoms with E-state index in [-0.39, 0.29) is 30.7 Å². The number of rotatable bonds is 4. The van der Waals surface area contributed by atoms with Gasteiger partial charge in [-0.2, -0.15) is 17.6 Å². The normalized spacial score (nSPS) is 47.5. The van der Waals surface area contributed by atoms with E-state index in [1.54, 1.807) is 0 Å². The molecule has 6 aliphatic carbocycles. The molecular weight excluding hydrogens is 520 g/mol. The lowest BCUT2D eigenvalue weighted by Gasteiger charge is -2.62. The van der Waals surface area contributed by atoms with E-state index in [0.717, 1.165) is 11.8 Å². The van der Waals surface area contributed by atoms with Gasteiger partial charge in [0.25, 0.3) is 0 Å². The highest BCUT2D eigenvalue weighted by Crippen LogP contribution is 2.66. The summed E-state index contributed by atoms with van der Waals surface area (Å²) in [5.41, 5.74) is -0.745.